The molecular weight excluding hydrogens is 254 g/mol. The van der Waals surface area contributed by atoms with Crippen molar-refractivity contribution in [3.63, 3.8) is 0 Å². The summed E-state index contributed by atoms with van der Waals surface area (Å²) in [4.78, 5) is 14.7. The highest BCUT2D eigenvalue weighted by Crippen LogP contribution is 2.18. The van der Waals surface area contributed by atoms with Crippen molar-refractivity contribution in [3.05, 3.63) is 29.8 Å². The predicted molar refractivity (Wildman–Crippen MR) is 78.4 cm³/mol. The summed E-state index contributed by atoms with van der Waals surface area (Å²) in [6.45, 7) is 7.67. The van der Waals surface area contributed by atoms with E-state index in [1.165, 1.54) is 0 Å². The van der Waals surface area contributed by atoms with Gasteiger partial charge in [-0.3, -0.25) is 9.69 Å². The average Bonchev–Trinajstić information content (AvgIpc) is 2.45. The average molecular weight is 277 g/mol. The number of carbonyl (C=O) groups excluding carboxylic acids is 1. The van der Waals surface area contributed by atoms with Gasteiger partial charge in [-0.05, 0) is 45.0 Å². The fraction of sp³-hybridized carbons (Fsp3) is 0.562. The highest BCUT2D eigenvalue weighted by atomic mass is 16.5. The largest absolute Gasteiger partial charge is 0.497 e. The standard InChI is InChI=1S/C16H23NO3/c1-11-9-17(10-12(2)20-11)13(3)16(18)14-5-7-15(19-4)8-6-14/h5-8,11-13H,9-10H2,1-4H3/t11-,12+,13?. The van der Waals surface area contributed by atoms with Crippen LogP contribution in [0.5, 0.6) is 5.75 Å². The minimum atomic E-state index is -0.128. The third kappa shape index (κ3) is 3.38. The minimum absolute atomic E-state index is 0.128. The molecule has 0 bridgehead atoms. The van der Waals surface area contributed by atoms with Gasteiger partial charge in [0, 0.05) is 18.7 Å². The Hall–Kier alpha value is -1.39. The van der Waals surface area contributed by atoms with E-state index < -0.39 is 0 Å². The molecule has 1 heterocycles. The molecule has 110 valence electrons. The lowest BCUT2D eigenvalue weighted by Gasteiger charge is -2.38. The normalized spacial score (nSPS) is 25.2. The van der Waals surface area contributed by atoms with Crippen molar-refractivity contribution in [2.45, 2.75) is 39.0 Å². The molecule has 1 aliphatic rings. The molecule has 0 spiro atoms. The molecule has 4 heteroatoms. The Morgan fingerprint density at radius 3 is 2.30 bits per heavy atom. The molecule has 1 aromatic rings. The summed E-state index contributed by atoms with van der Waals surface area (Å²) in [5, 5.41) is 0. The van der Waals surface area contributed by atoms with Gasteiger partial charge in [-0.15, -0.1) is 0 Å². The molecule has 0 N–H and O–H groups in total. The zero-order chi connectivity index (χ0) is 14.7. The molecule has 0 aromatic heterocycles. The lowest BCUT2D eigenvalue weighted by molar-refractivity contribution is -0.0744. The van der Waals surface area contributed by atoms with Crippen LogP contribution in [0, 0.1) is 0 Å². The SMILES string of the molecule is COc1ccc(C(=O)C(C)N2C[C@@H](C)O[C@@H](C)C2)cc1. The first kappa shape index (κ1) is 15.0. The van der Waals surface area contributed by atoms with E-state index in [1.54, 1.807) is 7.11 Å². The molecule has 0 radical (unpaired) electrons. The molecule has 4 nitrogen and oxygen atoms in total. The van der Waals surface area contributed by atoms with Gasteiger partial charge in [0.1, 0.15) is 5.75 Å². The zero-order valence-corrected chi connectivity index (χ0v) is 12.6. The number of hydrogen-bond donors (Lipinski definition) is 0. The van der Waals surface area contributed by atoms with Gasteiger partial charge >= 0.3 is 0 Å². The molecular formula is C16H23NO3. The number of benzene rings is 1. The van der Waals surface area contributed by atoms with Crippen molar-refractivity contribution in [2.75, 3.05) is 20.2 Å². The van der Waals surface area contributed by atoms with Gasteiger partial charge in [-0.1, -0.05) is 0 Å². The van der Waals surface area contributed by atoms with Crippen LogP contribution in [-0.2, 0) is 4.74 Å². The van der Waals surface area contributed by atoms with E-state index in [1.807, 2.05) is 45.0 Å². The van der Waals surface area contributed by atoms with Gasteiger partial charge in [0.25, 0.3) is 0 Å². The second-order valence-electron chi connectivity index (χ2n) is 5.48. The molecule has 1 fully saturated rings. The van der Waals surface area contributed by atoms with E-state index >= 15 is 0 Å². The number of carbonyl (C=O) groups is 1. The molecule has 1 saturated heterocycles. The maximum Gasteiger partial charge on any atom is 0.179 e. The summed E-state index contributed by atoms with van der Waals surface area (Å²) in [5.74, 6) is 0.914. The first-order chi connectivity index (χ1) is 9.51. The minimum Gasteiger partial charge on any atom is -0.497 e. The van der Waals surface area contributed by atoms with Crippen molar-refractivity contribution >= 4 is 5.78 Å². The van der Waals surface area contributed by atoms with E-state index in [9.17, 15) is 4.79 Å². The quantitative estimate of drug-likeness (QED) is 0.792. The Morgan fingerprint density at radius 1 is 1.25 bits per heavy atom. The van der Waals surface area contributed by atoms with Crippen molar-refractivity contribution in [1.82, 2.24) is 4.90 Å². The Balaban J connectivity index is 2.07. The van der Waals surface area contributed by atoms with Crippen LogP contribution in [-0.4, -0.2) is 49.1 Å². The van der Waals surface area contributed by atoms with Crippen LogP contribution in [0.3, 0.4) is 0 Å². The Bertz CT molecular complexity index is 447. The predicted octanol–water partition coefficient (Wildman–Crippen LogP) is 2.38. The lowest BCUT2D eigenvalue weighted by atomic mass is 10.0. The summed E-state index contributed by atoms with van der Waals surface area (Å²) < 4.78 is 10.8. The first-order valence-electron chi connectivity index (χ1n) is 7.09. The van der Waals surface area contributed by atoms with Crippen molar-refractivity contribution in [1.29, 1.82) is 0 Å². The van der Waals surface area contributed by atoms with Crippen LogP contribution in [0.4, 0.5) is 0 Å². The van der Waals surface area contributed by atoms with Crippen molar-refractivity contribution in [2.24, 2.45) is 0 Å². The van der Waals surface area contributed by atoms with Crippen LogP contribution in [0.15, 0.2) is 24.3 Å². The number of rotatable bonds is 4. The second kappa shape index (κ2) is 6.37. The molecule has 1 aromatic carbocycles. The van der Waals surface area contributed by atoms with Crippen molar-refractivity contribution < 1.29 is 14.3 Å². The first-order valence-corrected chi connectivity index (χ1v) is 7.09. The summed E-state index contributed by atoms with van der Waals surface area (Å²) in [5.41, 5.74) is 0.727. The van der Waals surface area contributed by atoms with E-state index in [2.05, 4.69) is 4.90 Å². The van der Waals surface area contributed by atoms with E-state index in [0.29, 0.717) is 0 Å². The van der Waals surface area contributed by atoms with Gasteiger partial charge in [-0.2, -0.15) is 0 Å². The third-order valence-electron chi connectivity index (χ3n) is 3.75. The highest BCUT2D eigenvalue weighted by Gasteiger charge is 2.29. The lowest BCUT2D eigenvalue weighted by Crippen LogP contribution is -2.51. The molecule has 0 aliphatic carbocycles. The number of Topliss-reactive ketones (excluding diaryl/α,β-unsaturated/α-hetero) is 1. The van der Waals surface area contributed by atoms with Gasteiger partial charge in [0.05, 0.1) is 25.4 Å². The fourth-order valence-electron chi connectivity index (χ4n) is 2.70. The monoisotopic (exact) mass is 277 g/mol. The fourth-order valence-corrected chi connectivity index (χ4v) is 2.70. The molecule has 3 atom stereocenters. The maximum absolute atomic E-state index is 12.5. The van der Waals surface area contributed by atoms with Crippen LogP contribution >= 0.6 is 0 Å². The molecule has 20 heavy (non-hydrogen) atoms. The van der Waals surface area contributed by atoms with Crippen LogP contribution in [0.1, 0.15) is 31.1 Å². The number of ketones is 1. The summed E-state index contributed by atoms with van der Waals surface area (Å²) in [6, 6.07) is 7.17. The van der Waals surface area contributed by atoms with E-state index in [-0.39, 0.29) is 24.0 Å². The smallest absolute Gasteiger partial charge is 0.179 e. The summed E-state index contributed by atoms with van der Waals surface area (Å²) in [7, 11) is 1.62. The van der Waals surface area contributed by atoms with Gasteiger partial charge in [0.2, 0.25) is 0 Å². The second-order valence-corrected chi connectivity index (χ2v) is 5.48. The molecule has 1 unspecified atom stereocenters. The van der Waals surface area contributed by atoms with Crippen molar-refractivity contribution in [3.8, 4) is 5.75 Å². The Kier molecular flexibility index (Phi) is 4.78. The Morgan fingerprint density at radius 2 is 1.80 bits per heavy atom. The number of morpholine rings is 1. The van der Waals surface area contributed by atoms with Gasteiger partial charge in [0.15, 0.2) is 5.78 Å². The van der Waals surface area contributed by atoms with Gasteiger partial charge in [-0.25, -0.2) is 0 Å². The molecule has 1 aliphatic heterocycles. The van der Waals surface area contributed by atoms with Crippen LogP contribution in [0.25, 0.3) is 0 Å². The number of ether oxygens (including phenoxy) is 2. The highest BCUT2D eigenvalue weighted by molar-refractivity contribution is 5.99. The molecule has 0 saturated carbocycles. The zero-order valence-electron chi connectivity index (χ0n) is 12.6. The van der Waals surface area contributed by atoms with E-state index in [0.717, 1.165) is 24.4 Å². The van der Waals surface area contributed by atoms with Crippen LogP contribution in [0.2, 0.25) is 0 Å². The summed E-state index contributed by atoms with van der Waals surface area (Å²) in [6.07, 6.45) is 0.342. The Labute approximate surface area is 120 Å². The van der Waals surface area contributed by atoms with Gasteiger partial charge < -0.3 is 9.47 Å². The summed E-state index contributed by atoms with van der Waals surface area (Å²) >= 11 is 0. The topological polar surface area (TPSA) is 38.8 Å². The molecule has 2 rings (SSSR count). The number of methoxy groups -OCH3 is 1. The third-order valence-corrected chi connectivity index (χ3v) is 3.75. The maximum atomic E-state index is 12.5. The number of hydrogen-bond acceptors (Lipinski definition) is 4. The van der Waals surface area contributed by atoms with Crippen LogP contribution < -0.4 is 4.74 Å². The molecule has 0 amide bonds. The van der Waals surface area contributed by atoms with E-state index in [4.69, 9.17) is 9.47 Å². The number of nitrogens with zero attached hydrogens (tertiary/aromatic N) is 1.